The summed E-state index contributed by atoms with van der Waals surface area (Å²) in [5.74, 6) is 1.01. The Kier molecular flexibility index (Phi) is 3.92. The zero-order chi connectivity index (χ0) is 12.1. The summed E-state index contributed by atoms with van der Waals surface area (Å²) in [5.41, 5.74) is 2.59. The molecule has 0 spiro atoms. The first-order valence-corrected chi connectivity index (χ1v) is 6.28. The molecule has 0 aliphatic heterocycles. The molecule has 88 valence electrons. The monoisotopic (exact) mass is 225 g/mol. The van der Waals surface area contributed by atoms with E-state index in [-0.39, 0.29) is 0 Å². The third-order valence-electron chi connectivity index (χ3n) is 3.43. The number of hydrogen-bond donors (Lipinski definition) is 0. The van der Waals surface area contributed by atoms with Gasteiger partial charge in [-0.15, -0.1) is 0 Å². The van der Waals surface area contributed by atoms with E-state index in [1.165, 1.54) is 11.3 Å². The predicted octanol–water partition coefficient (Wildman–Crippen LogP) is 4.38. The average molecular weight is 225 g/mol. The van der Waals surface area contributed by atoms with Gasteiger partial charge in [0.25, 0.3) is 0 Å². The molecule has 1 heterocycles. The van der Waals surface area contributed by atoms with Gasteiger partial charge < -0.3 is 0 Å². The van der Waals surface area contributed by atoms with Crippen molar-refractivity contribution in [3.63, 3.8) is 0 Å². The predicted molar refractivity (Wildman–Crippen MR) is 72.1 cm³/mol. The molecule has 0 N–H and O–H groups in total. The van der Waals surface area contributed by atoms with E-state index in [1.807, 2.05) is 12.3 Å². The van der Waals surface area contributed by atoms with Gasteiger partial charge in [-0.25, -0.2) is 0 Å². The molecule has 2 aromatic rings. The van der Waals surface area contributed by atoms with Crippen LogP contribution in [0.4, 0.5) is 0 Å². The third kappa shape index (κ3) is 2.73. The van der Waals surface area contributed by atoms with Crippen LogP contribution in [0.15, 0.2) is 54.7 Å². The number of rotatable bonds is 4. The first-order chi connectivity index (χ1) is 8.33. The van der Waals surface area contributed by atoms with Crippen molar-refractivity contribution in [3.05, 3.63) is 66.0 Å². The normalized spacial score (nSPS) is 14.2. The van der Waals surface area contributed by atoms with Crippen LogP contribution in [0.1, 0.15) is 43.4 Å². The van der Waals surface area contributed by atoms with Gasteiger partial charge in [-0.2, -0.15) is 0 Å². The van der Waals surface area contributed by atoms with Crippen molar-refractivity contribution in [2.24, 2.45) is 0 Å². The summed E-state index contributed by atoms with van der Waals surface area (Å²) in [6, 6.07) is 16.9. The van der Waals surface area contributed by atoms with Crippen LogP contribution in [0.25, 0.3) is 0 Å². The molecule has 2 rings (SSSR count). The van der Waals surface area contributed by atoms with Crippen molar-refractivity contribution in [2.75, 3.05) is 0 Å². The number of benzene rings is 1. The molecular weight excluding hydrogens is 206 g/mol. The van der Waals surface area contributed by atoms with Gasteiger partial charge in [0.2, 0.25) is 0 Å². The Bertz CT molecular complexity index is 436. The topological polar surface area (TPSA) is 12.9 Å². The molecule has 0 amide bonds. The number of aromatic nitrogens is 1. The molecule has 2 unspecified atom stereocenters. The highest BCUT2D eigenvalue weighted by Gasteiger charge is 2.19. The van der Waals surface area contributed by atoms with Crippen molar-refractivity contribution in [1.82, 2.24) is 4.98 Å². The van der Waals surface area contributed by atoms with Crippen LogP contribution in [0.5, 0.6) is 0 Å². The molecule has 1 heteroatoms. The van der Waals surface area contributed by atoms with E-state index in [0.717, 1.165) is 6.42 Å². The lowest BCUT2D eigenvalue weighted by Gasteiger charge is -2.22. The molecule has 0 aliphatic carbocycles. The van der Waals surface area contributed by atoms with E-state index in [9.17, 15) is 0 Å². The van der Waals surface area contributed by atoms with Crippen molar-refractivity contribution in [3.8, 4) is 0 Å². The molecule has 17 heavy (non-hydrogen) atoms. The standard InChI is InChI=1S/C16H19N/c1-3-15(14-9-5-4-6-10-14)13(2)16-11-7-8-12-17-16/h4-13,15H,3H2,1-2H3. The van der Waals surface area contributed by atoms with E-state index in [1.54, 1.807) is 0 Å². The van der Waals surface area contributed by atoms with Gasteiger partial charge in [-0.05, 0) is 30.0 Å². The minimum Gasteiger partial charge on any atom is -0.261 e. The minimum atomic E-state index is 0.462. The zero-order valence-corrected chi connectivity index (χ0v) is 10.5. The highest BCUT2D eigenvalue weighted by Crippen LogP contribution is 2.33. The lowest BCUT2D eigenvalue weighted by atomic mass is 9.83. The molecule has 0 aliphatic rings. The molecule has 0 bridgehead atoms. The van der Waals surface area contributed by atoms with Crippen molar-refractivity contribution in [1.29, 1.82) is 0 Å². The van der Waals surface area contributed by atoms with Crippen LogP contribution in [-0.2, 0) is 0 Å². The molecule has 0 saturated carbocycles. The third-order valence-corrected chi connectivity index (χ3v) is 3.43. The summed E-state index contributed by atoms with van der Waals surface area (Å²) in [6.45, 7) is 4.51. The first-order valence-electron chi connectivity index (χ1n) is 6.28. The summed E-state index contributed by atoms with van der Waals surface area (Å²) in [6.07, 6.45) is 3.02. The Hall–Kier alpha value is -1.63. The molecule has 0 fully saturated rings. The molecule has 2 atom stereocenters. The van der Waals surface area contributed by atoms with Crippen LogP contribution in [0, 0.1) is 0 Å². The van der Waals surface area contributed by atoms with Gasteiger partial charge in [-0.3, -0.25) is 4.98 Å². The Morgan fingerprint density at radius 2 is 1.71 bits per heavy atom. The quantitative estimate of drug-likeness (QED) is 0.752. The first kappa shape index (κ1) is 11.8. The van der Waals surface area contributed by atoms with Gasteiger partial charge >= 0.3 is 0 Å². The number of pyridine rings is 1. The van der Waals surface area contributed by atoms with Gasteiger partial charge in [0.15, 0.2) is 0 Å². The molecule has 1 aromatic carbocycles. The Morgan fingerprint density at radius 1 is 1.00 bits per heavy atom. The maximum atomic E-state index is 4.47. The lowest BCUT2D eigenvalue weighted by molar-refractivity contribution is 0.548. The summed E-state index contributed by atoms with van der Waals surface area (Å²) < 4.78 is 0. The molecule has 0 radical (unpaired) electrons. The second-order valence-electron chi connectivity index (χ2n) is 4.47. The van der Waals surface area contributed by atoms with E-state index in [4.69, 9.17) is 0 Å². The SMILES string of the molecule is CCC(c1ccccc1)C(C)c1ccccn1. The highest BCUT2D eigenvalue weighted by molar-refractivity contribution is 5.24. The van der Waals surface area contributed by atoms with E-state index in [0.29, 0.717) is 11.8 Å². The van der Waals surface area contributed by atoms with Crippen LogP contribution in [-0.4, -0.2) is 4.98 Å². The van der Waals surface area contributed by atoms with E-state index >= 15 is 0 Å². The van der Waals surface area contributed by atoms with Crippen molar-refractivity contribution >= 4 is 0 Å². The second kappa shape index (κ2) is 5.62. The maximum absolute atomic E-state index is 4.47. The summed E-state index contributed by atoms with van der Waals surface area (Å²) >= 11 is 0. The van der Waals surface area contributed by atoms with E-state index in [2.05, 4.69) is 61.3 Å². The molecule has 0 saturated heterocycles. The van der Waals surface area contributed by atoms with Crippen LogP contribution >= 0.6 is 0 Å². The Morgan fingerprint density at radius 3 is 2.29 bits per heavy atom. The largest absolute Gasteiger partial charge is 0.261 e. The van der Waals surface area contributed by atoms with Crippen molar-refractivity contribution < 1.29 is 0 Å². The van der Waals surface area contributed by atoms with Crippen LogP contribution in [0.3, 0.4) is 0 Å². The lowest BCUT2D eigenvalue weighted by Crippen LogP contribution is -2.08. The minimum absolute atomic E-state index is 0.462. The number of nitrogens with zero attached hydrogens (tertiary/aromatic N) is 1. The average Bonchev–Trinajstić information content (AvgIpc) is 2.42. The second-order valence-corrected chi connectivity index (χ2v) is 4.47. The zero-order valence-electron chi connectivity index (χ0n) is 10.5. The smallest absolute Gasteiger partial charge is 0.0437 e. The van der Waals surface area contributed by atoms with Crippen LogP contribution in [0.2, 0.25) is 0 Å². The fraction of sp³-hybridized carbons (Fsp3) is 0.312. The molecular formula is C16H19N. The van der Waals surface area contributed by atoms with Crippen LogP contribution < -0.4 is 0 Å². The summed E-state index contributed by atoms with van der Waals surface area (Å²) in [7, 11) is 0. The van der Waals surface area contributed by atoms with Gasteiger partial charge in [-0.1, -0.05) is 50.2 Å². The van der Waals surface area contributed by atoms with Gasteiger partial charge in [0.05, 0.1) is 0 Å². The highest BCUT2D eigenvalue weighted by atomic mass is 14.7. The van der Waals surface area contributed by atoms with Gasteiger partial charge in [0.1, 0.15) is 0 Å². The van der Waals surface area contributed by atoms with Crippen molar-refractivity contribution in [2.45, 2.75) is 32.1 Å². The van der Waals surface area contributed by atoms with Gasteiger partial charge in [0, 0.05) is 17.8 Å². The Labute approximate surface area is 104 Å². The Balaban J connectivity index is 2.25. The maximum Gasteiger partial charge on any atom is 0.0437 e. The summed E-state index contributed by atoms with van der Waals surface area (Å²) in [5, 5.41) is 0. The fourth-order valence-electron chi connectivity index (χ4n) is 2.43. The van der Waals surface area contributed by atoms with E-state index < -0.39 is 0 Å². The fourth-order valence-corrected chi connectivity index (χ4v) is 2.43. The molecule has 1 nitrogen and oxygen atoms in total. The summed E-state index contributed by atoms with van der Waals surface area (Å²) in [4.78, 5) is 4.47. The number of hydrogen-bond acceptors (Lipinski definition) is 1. The molecule has 1 aromatic heterocycles.